The van der Waals surface area contributed by atoms with Gasteiger partial charge >= 0.3 is 0 Å². The highest BCUT2D eigenvalue weighted by Gasteiger charge is 2.02. The first-order valence-corrected chi connectivity index (χ1v) is 6.30. The first-order chi connectivity index (χ1) is 7.79. The number of para-hydroxylation sites is 1. The Bertz CT molecular complexity index is 242. The zero-order chi connectivity index (χ0) is 13.0. The molecule has 1 aromatic carbocycles. The summed E-state index contributed by atoms with van der Waals surface area (Å²) in [6.07, 6.45) is 0. The highest BCUT2D eigenvalue weighted by atomic mass is 15.5. The lowest BCUT2D eigenvalue weighted by molar-refractivity contribution is 0.724. The van der Waals surface area contributed by atoms with Gasteiger partial charge in [-0.05, 0) is 25.5 Å². The Kier molecular flexibility index (Phi) is 13.1. The molecular weight excluding hydrogens is 196 g/mol. The van der Waals surface area contributed by atoms with Crippen LogP contribution in [0, 0.1) is 6.92 Å². The van der Waals surface area contributed by atoms with Crippen LogP contribution < -0.4 is 10.4 Å². The van der Waals surface area contributed by atoms with Crippen molar-refractivity contribution in [1.29, 1.82) is 0 Å². The van der Waals surface area contributed by atoms with Crippen LogP contribution >= 0.6 is 0 Å². The molecule has 0 atom stereocenters. The largest absolute Gasteiger partial charge is 0.309 e. The van der Waals surface area contributed by atoms with E-state index in [1.54, 1.807) is 0 Å². The second-order valence-electron chi connectivity index (χ2n) is 2.75. The minimum atomic E-state index is 0.974. The van der Waals surface area contributed by atoms with Crippen LogP contribution in [0.4, 0.5) is 5.69 Å². The van der Waals surface area contributed by atoms with Crippen LogP contribution in [-0.2, 0) is 0 Å². The highest BCUT2D eigenvalue weighted by Crippen LogP contribution is 2.16. The number of hydrogen-bond donors (Lipinski definition) is 1. The number of hydrogen-bond acceptors (Lipinski definition) is 2. The molecule has 0 aliphatic rings. The summed E-state index contributed by atoms with van der Waals surface area (Å²) < 4.78 is 0. The Balaban J connectivity index is 0. The van der Waals surface area contributed by atoms with Crippen molar-refractivity contribution in [3.63, 3.8) is 0 Å². The molecule has 1 rings (SSSR count). The predicted octanol–water partition coefficient (Wildman–Crippen LogP) is 4.01. The zero-order valence-electron chi connectivity index (χ0n) is 12.0. The van der Waals surface area contributed by atoms with E-state index in [0.717, 1.165) is 6.54 Å². The van der Waals surface area contributed by atoms with Crippen molar-refractivity contribution >= 4 is 5.69 Å². The van der Waals surface area contributed by atoms with Crippen LogP contribution in [0.1, 0.15) is 40.2 Å². The second kappa shape index (κ2) is 12.1. The minimum Gasteiger partial charge on any atom is -0.309 e. The van der Waals surface area contributed by atoms with Crippen molar-refractivity contribution < 1.29 is 0 Å². The molecule has 0 saturated heterocycles. The first kappa shape index (κ1) is 17.4. The second-order valence-corrected chi connectivity index (χ2v) is 2.75. The number of benzene rings is 1. The minimum absolute atomic E-state index is 0.974. The van der Waals surface area contributed by atoms with E-state index in [1.807, 2.05) is 34.7 Å². The van der Waals surface area contributed by atoms with Gasteiger partial charge in [-0.3, -0.25) is 0 Å². The molecule has 0 aliphatic carbocycles. The summed E-state index contributed by atoms with van der Waals surface area (Å²) in [7, 11) is 1.94. The third-order valence-corrected chi connectivity index (χ3v) is 1.99. The van der Waals surface area contributed by atoms with E-state index in [4.69, 9.17) is 0 Å². The molecule has 2 heteroatoms. The standard InChI is InChI=1S/C10H16N2.2C2H6/c1-4-12(11-3)10-8-6-5-7-9(10)2;2*1-2/h5-8,11H,4H2,1-3H3;2*1-2H3. The average molecular weight is 224 g/mol. The maximum Gasteiger partial charge on any atom is 0.0548 e. The Hall–Kier alpha value is -1.02. The van der Waals surface area contributed by atoms with Crippen LogP contribution in [0.15, 0.2) is 24.3 Å². The maximum absolute atomic E-state index is 3.14. The Morgan fingerprint density at radius 2 is 1.56 bits per heavy atom. The lowest BCUT2D eigenvalue weighted by atomic mass is 10.2. The summed E-state index contributed by atoms with van der Waals surface area (Å²) >= 11 is 0. The summed E-state index contributed by atoms with van der Waals surface area (Å²) in [4.78, 5) is 0. The third kappa shape index (κ3) is 5.76. The molecule has 0 aromatic heterocycles. The Labute approximate surface area is 102 Å². The van der Waals surface area contributed by atoms with Crippen molar-refractivity contribution in [2.45, 2.75) is 41.5 Å². The average Bonchev–Trinajstić information content (AvgIpc) is 2.38. The molecule has 0 aliphatic heterocycles. The number of anilines is 1. The summed E-state index contributed by atoms with van der Waals surface area (Å²) in [6.45, 7) is 13.2. The third-order valence-electron chi connectivity index (χ3n) is 1.99. The predicted molar refractivity (Wildman–Crippen MR) is 76.0 cm³/mol. The molecule has 94 valence electrons. The molecule has 0 amide bonds. The van der Waals surface area contributed by atoms with Gasteiger partial charge in [-0.15, -0.1) is 0 Å². The van der Waals surface area contributed by atoms with Crippen molar-refractivity contribution in [1.82, 2.24) is 5.43 Å². The molecule has 2 nitrogen and oxygen atoms in total. The summed E-state index contributed by atoms with van der Waals surface area (Å²) in [5, 5.41) is 2.12. The van der Waals surface area contributed by atoms with Gasteiger partial charge in [0.2, 0.25) is 0 Å². The summed E-state index contributed by atoms with van der Waals surface area (Å²) in [6, 6.07) is 8.36. The molecule has 0 saturated carbocycles. The Morgan fingerprint density at radius 1 is 1.06 bits per heavy atom. The fraction of sp³-hybridized carbons (Fsp3) is 0.571. The normalized spacial score (nSPS) is 8.19. The maximum atomic E-state index is 3.14. The quantitative estimate of drug-likeness (QED) is 0.780. The van der Waals surface area contributed by atoms with Gasteiger partial charge in [-0.25, -0.2) is 5.43 Å². The molecule has 0 radical (unpaired) electrons. The fourth-order valence-corrected chi connectivity index (χ4v) is 1.32. The van der Waals surface area contributed by atoms with Crippen LogP contribution in [0.5, 0.6) is 0 Å². The molecule has 0 fully saturated rings. The number of nitrogens with zero attached hydrogens (tertiary/aromatic N) is 1. The van der Waals surface area contributed by atoms with Gasteiger partial charge in [0, 0.05) is 13.6 Å². The SMILES string of the molecule is CC.CC.CCN(NC)c1ccccc1C. The lowest BCUT2D eigenvalue weighted by Crippen LogP contribution is -2.35. The van der Waals surface area contributed by atoms with Crippen molar-refractivity contribution in [3.8, 4) is 0 Å². The van der Waals surface area contributed by atoms with Crippen molar-refractivity contribution in [2.75, 3.05) is 18.6 Å². The number of nitrogens with one attached hydrogen (secondary N) is 1. The summed E-state index contributed by atoms with van der Waals surface area (Å²) in [5.41, 5.74) is 5.69. The van der Waals surface area contributed by atoms with E-state index >= 15 is 0 Å². The van der Waals surface area contributed by atoms with Crippen LogP contribution in [-0.4, -0.2) is 13.6 Å². The molecule has 16 heavy (non-hydrogen) atoms. The topological polar surface area (TPSA) is 15.3 Å². The molecule has 1 aromatic rings. The smallest absolute Gasteiger partial charge is 0.0548 e. The van der Waals surface area contributed by atoms with Crippen LogP contribution in [0.3, 0.4) is 0 Å². The molecular formula is C14H28N2. The van der Waals surface area contributed by atoms with Crippen molar-refractivity contribution in [2.24, 2.45) is 0 Å². The van der Waals surface area contributed by atoms with E-state index in [2.05, 4.69) is 48.5 Å². The molecule has 0 bridgehead atoms. The van der Waals surface area contributed by atoms with E-state index in [0.29, 0.717) is 0 Å². The van der Waals surface area contributed by atoms with Crippen LogP contribution in [0.25, 0.3) is 0 Å². The van der Waals surface area contributed by atoms with Crippen LogP contribution in [0.2, 0.25) is 0 Å². The number of hydrazine groups is 1. The molecule has 0 heterocycles. The van der Waals surface area contributed by atoms with E-state index in [-0.39, 0.29) is 0 Å². The van der Waals surface area contributed by atoms with Gasteiger partial charge in [0.15, 0.2) is 0 Å². The van der Waals surface area contributed by atoms with Gasteiger partial charge in [-0.1, -0.05) is 45.9 Å². The van der Waals surface area contributed by atoms with Crippen molar-refractivity contribution in [3.05, 3.63) is 29.8 Å². The fourth-order valence-electron chi connectivity index (χ4n) is 1.32. The molecule has 0 unspecified atom stereocenters. The van der Waals surface area contributed by atoms with E-state index < -0.39 is 0 Å². The first-order valence-electron chi connectivity index (χ1n) is 6.30. The molecule has 0 spiro atoms. The monoisotopic (exact) mass is 224 g/mol. The number of aryl methyl sites for hydroxylation is 1. The summed E-state index contributed by atoms with van der Waals surface area (Å²) in [5.74, 6) is 0. The van der Waals surface area contributed by atoms with Gasteiger partial charge < -0.3 is 5.01 Å². The van der Waals surface area contributed by atoms with E-state index in [1.165, 1.54) is 11.3 Å². The molecule has 1 N–H and O–H groups in total. The van der Waals surface area contributed by atoms with Gasteiger partial charge in [0.05, 0.1) is 5.69 Å². The van der Waals surface area contributed by atoms with Gasteiger partial charge in [0.25, 0.3) is 0 Å². The number of rotatable bonds is 3. The zero-order valence-corrected chi connectivity index (χ0v) is 12.0. The Morgan fingerprint density at radius 3 is 1.94 bits per heavy atom. The van der Waals surface area contributed by atoms with Gasteiger partial charge in [-0.2, -0.15) is 0 Å². The highest BCUT2D eigenvalue weighted by molar-refractivity contribution is 5.51. The van der Waals surface area contributed by atoms with Gasteiger partial charge in [0.1, 0.15) is 0 Å². The van der Waals surface area contributed by atoms with E-state index in [9.17, 15) is 0 Å². The lowest BCUT2D eigenvalue weighted by Gasteiger charge is -2.23.